The third-order valence-corrected chi connectivity index (χ3v) is 5.15. The van der Waals surface area contributed by atoms with Gasteiger partial charge in [0, 0.05) is 25.4 Å². The Kier molecular flexibility index (Phi) is 4.15. The van der Waals surface area contributed by atoms with Gasteiger partial charge in [-0.1, -0.05) is 6.92 Å². The maximum absolute atomic E-state index is 6.07. The monoisotopic (exact) mass is 390 g/mol. The van der Waals surface area contributed by atoms with Crippen molar-refractivity contribution in [2.24, 2.45) is 0 Å². The first kappa shape index (κ1) is 17.6. The maximum atomic E-state index is 6.07. The zero-order valence-electron chi connectivity index (χ0n) is 16.7. The molecule has 29 heavy (non-hydrogen) atoms. The third kappa shape index (κ3) is 2.89. The number of nitrogens with zero attached hydrogens (tertiary/aromatic N) is 7. The van der Waals surface area contributed by atoms with Gasteiger partial charge < -0.3 is 10.1 Å². The number of ether oxygens (including phenoxy) is 1. The van der Waals surface area contributed by atoms with Gasteiger partial charge in [-0.15, -0.1) is 5.10 Å². The van der Waals surface area contributed by atoms with E-state index >= 15 is 0 Å². The summed E-state index contributed by atoms with van der Waals surface area (Å²) in [6.45, 7) is 7.30. The number of fused-ring (bicyclic) bond motifs is 2. The van der Waals surface area contributed by atoms with Gasteiger partial charge in [0.1, 0.15) is 5.69 Å². The van der Waals surface area contributed by atoms with Gasteiger partial charge in [-0.05, 0) is 32.4 Å². The number of pyridine rings is 1. The Morgan fingerprint density at radius 2 is 2.07 bits per heavy atom. The molecule has 1 N–H and O–H groups in total. The molecule has 5 heterocycles. The topological polar surface area (TPSA) is 95.6 Å². The summed E-state index contributed by atoms with van der Waals surface area (Å²) < 4.78 is 9.90. The Labute approximate surface area is 167 Å². The van der Waals surface area contributed by atoms with Crippen LogP contribution in [0.2, 0.25) is 0 Å². The molecular weight excluding hydrogens is 368 g/mol. The molecule has 9 nitrogen and oxygen atoms in total. The highest BCUT2D eigenvalue weighted by Crippen LogP contribution is 2.34. The van der Waals surface area contributed by atoms with Crippen LogP contribution in [0.4, 0.5) is 11.6 Å². The molecule has 0 radical (unpaired) electrons. The van der Waals surface area contributed by atoms with E-state index in [0.29, 0.717) is 18.4 Å². The fourth-order valence-corrected chi connectivity index (χ4v) is 3.70. The molecule has 4 aromatic heterocycles. The van der Waals surface area contributed by atoms with Crippen molar-refractivity contribution in [3.05, 3.63) is 41.6 Å². The third-order valence-electron chi connectivity index (χ3n) is 5.15. The second kappa shape index (κ2) is 6.84. The highest BCUT2D eigenvalue weighted by Gasteiger charge is 2.22. The average Bonchev–Trinajstić information content (AvgIpc) is 3.22. The Morgan fingerprint density at radius 1 is 1.17 bits per heavy atom. The summed E-state index contributed by atoms with van der Waals surface area (Å²) in [7, 11) is 0. The number of hydrogen-bond donors (Lipinski definition) is 1. The van der Waals surface area contributed by atoms with Crippen molar-refractivity contribution < 1.29 is 4.74 Å². The Morgan fingerprint density at radius 3 is 2.90 bits per heavy atom. The molecule has 148 valence electrons. The lowest BCUT2D eigenvalue weighted by atomic mass is 10.2. The average molecular weight is 390 g/mol. The fraction of sp³-hybridized carbons (Fsp3) is 0.350. The van der Waals surface area contributed by atoms with Crippen molar-refractivity contribution in [1.29, 1.82) is 0 Å². The standard InChI is InChI=1S/C20H22N8O/c1-4-15-17-19(26-28(15)16-7-5-8-21-13(16)3)29-10-6-9-27-18-14(12(2)25-27)11-22-20(23-17)24-18/h5,7-8,11H,4,6,9-10H2,1-3H3,(H,22,23,24). The molecule has 0 spiro atoms. The lowest BCUT2D eigenvalue weighted by molar-refractivity contribution is 0.288. The molecule has 0 fully saturated rings. The minimum absolute atomic E-state index is 0.502. The minimum atomic E-state index is 0.502. The van der Waals surface area contributed by atoms with Crippen molar-refractivity contribution in [3.63, 3.8) is 0 Å². The van der Waals surface area contributed by atoms with Gasteiger partial charge in [0.05, 0.1) is 34.8 Å². The van der Waals surface area contributed by atoms with Gasteiger partial charge in [-0.3, -0.25) is 4.98 Å². The molecule has 0 aliphatic carbocycles. The quantitative estimate of drug-likeness (QED) is 0.562. The van der Waals surface area contributed by atoms with Crippen molar-refractivity contribution in [2.45, 2.75) is 40.2 Å². The fourth-order valence-electron chi connectivity index (χ4n) is 3.70. The van der Waals surface area contributed by atoms with Crippen LogP contribution in [-0.2, 0) is 13.0 Å². The van der Waals surface area contributed by atoms with E-state index in [1.54, 1.807) is 6.20 Å². The van der Waals surface area contributed by atoms with Crippen LogP contribution in [0.3, 0.4) is 0 Å². The second-order valence-corrected chi connectivity index (χ2v) is 7.07. The van der Waals surface area contributed by atoms with Gasteiger partial charge >= 0.3 is 0 Å². The number of aromatic nitrogens is 7. The summed E-state index contributed by atoms with van der Waals surface area (Å²) in [5, 5.41) is 13.7. The summed E-state index contributed by atoms with van der Waals surface area (Å²) >= 11 is 0. The molecule has 1 aliphatic rings. The van der Waals surface area contributed by atoms with E-state index in [9.17, 15) is 0 Å². The first-order chi connectivity index (χ1) is 14.2. The normalized spacial score (nSPS) is 13.6. The summed E-state index contributed by atoms with van der Waals surface area (Å²) in [6, 6.07) is 3.92. The van der Waals surface area contributed by atoms with E-state index in [1.807, 2.05) is 41.5 Å². The predicted octanol–water partition coefficient (Wildman–Crippen LogP) is 3.11. The summed E-state index contributed by atoms with van der Waals surface area (Å²) in [6.07, 6.45) is 5.16. The van der Waals surface area contributed by atoms with Gasteiger partial charge in [0.2, 0.25) is 5.95 Å². The predicted molar refractivity (Wildman–Crippen MR) is 109 cm³/mol. The van der Waals surface area contributed by atoms with Crippen LogP contribution in [0.15, 0.2) is 24.5 Å². The molecule has 4 aromatic rings. The van der Waals surface area contributed by atoms with E-state index in [0.717, 1.165) is 58.9 Å². The van der Waals surface area contributed by atoms with E-state index in [-0.39, 0.29) is 0 Å². The molecule has 9 heteroatoms. The van der Waals surface area contributed by atoms with Crippen LogP contribution < -0.4 is 10.1 Å². The van der Waals surface area contributed by atoms with Crippen LogP contribution >= 0.6 is 0 Å². The lowest BCUT2D eigenvalue weighted by Crippen LogP contribution is -2.08. The number of anilines is 2. The van der Waals surface area contributed by atoms with Crippen LogP contribution in [0.5, 0.6) is 5.88 Å². The number of nitrogens with one attached hydrogen (secondary N) is 1. The second-order valence-electron chi connectivity index (χ2n) is 7.07. The van der Waals surface area contributed by atoms with Crippen molar-refractivity contribution >= 4 is 22.7 Å². The number of aryl methyl sites for hydroxylation is 3. The van der Waals surface area contributed by atoms with Gasteiger partial charge in [-0.2, -0.15) is 10.1 Å². The lowest BCUT2D eigenvalue weighted by Gasteiger charge is -2.10. The molecule has 1 aliphatic heterocycles. The minimum Gasteiger partial charge on any atom is -0.475 e. The zero-order chi connectivity index (χ0) is 20.0. The first-order valence-electron chi connectivity index (χ1n) is 9.79. The molecule has 0 saturated heterocycles. The molecule has 0 aromatic carbocycles. The molecule has 0 amide bonds. The van der Waals surface area contributed by atoms with Crippen molar-refractivity contribution in [2.75, 3.05) is 11.9 Å². The van der Waals surface area contributed by atoms with E-state index in [2.05, 4.69) is 27.3 Å². The van der Waals surface area contributed by atoms with E-state index in [1.165, 1.54) is 0 Å². The van der Waals surface area contributed by atoms with Crippen LogP contribution in [0.1, 0.15) is 30.4 Å². The van der Waals surface area contributed by atoms with E-state index in [4.69, 9.17) is 14.8 Å². The smallest absolute Gasteiger partial charge is 0.257 e. The van der Waals surface area contributed by atoms with Gasteiger partial charge in [0.25, 0.3) is 5.88 Å². The van der Waals surface area contributed by atoms with Gasteiger partial charge in [-0.25, -0.2) is 14.3 Å². The number of hydrogen-bond acceptors (Lipinski definition) is 7. The highest BCUT2D eigenvalue weighted by molar-refractivity contribution is 5.79. The molecule has 0 saturated carbocycles. The van der Waals surface area contributed by atoms with E-state index < -0.39 is 0 Å². The Balaban J connectivity index is 1.67. The van der Waals surface area contributed by atoms with Crippen LogP contribution in [-0.4, -0.2) is 41.1 Å². The van der Waals surface area contributed by atoms with Crippen molar-refractivity contribution in [1.82, 2.24) is 34.5 Å². The maximum Gasteiger partial charge on any atom is 0.257 e. The molecule has 2 bridgehead atoms. The van der Waals surface area contributed by atoms with Crippen LogP contribution in [0, 0.1) is 13.8 Å². The summed E-state index contributed by atoms with van der Waals surface area (Å²) in [4.78, 5) is 13.6. The zero-order valence-corrected chi connectivity index (χ0v) is 16.7. The van der Waals surface area contributed by atoms with Gasteiger partial charge in [0.15, 0.2) is 5.65 Å². The first-order valence-corrected chi connectivity index (χ1v) is 9.79. The molecule has 0 atom stereocenters. The van der Waals surface area contributed by atoms with Crippen molar-refractivity contribution in [3.8, 4) is 11.6 Å². The SMILES string of the molecule is CCc1c2c(nn1-c1cccnc1C)OCCCn1nc(C)c3cnc(nc31)N2. The summed E-state index contributed by atoms with van der Waals surface area (Å²) in [5.74, 6) is 1.05. The number of rotatable bonds is 2. The molecular formula is C20H22N8O. The largest absolute Gasteiger partial charge is 0.475 e. The highest BCUT2D eigenvalue weighted by atomic mass is 16.5. The summed E-state index contributed by atoms with van der Waals surface area (Å²) in [5.41, 5.74) is 5.38. The van der Waals surface area contributed by atoms with Crippen LogP contribution in [0.25, 0.3) is 16.7 Å². The Hall–Kier alpha value is -3.49. The molecule has 0 unspecified atom stereocenters. The molecule has 5 rings (SSSR count). The Bertz CT molecular complexity index is 1210.